The highest BCUT2D eigenvalue weighted by Crippen LogP contribution is 2.43. The molecule has 38 heavy (non-hydrogen) atoms. The van der Waals surface area contributed by atoms with Crippen molar-refractivity contribution in [1.29, 1.82) is 0 Å². The molecule has 7 nitrogen and oxygen atoms in total. The molecule has 216 valence electrons. The second-order valence-electron chi connectivity index (χ2n) is 10.5. The van der Waals surface area contributed by atoms with Crippen LogP contribution in [0.3, 0.4) is 0 Å². The highest BCUT2D eigenvalue weighted by Gasteiger charge is 2.49. The Morgan fingerprint density at radius 2 is 1.82 bits per heavy atom. The highest BCUT2D eigenvalue weighted by atomic mass is 32.2. The Balaban J connectivity index is 1.27. The van der Waals surface area contributed by atoms with Gasteiger partial charge >= 0.3 is 6.36 Å². The first-order chi connectivity index (χ1) is 18.0. The number of aromatic nitrogens is 3. The van der Waals surface area contributed by atoms with Crippen molar-refractivity contribution in [3.8, 4) is 0 Å². The lowest BCUT2D eigenvalue weighted by Crippen LogP contribution is -2.55. The van der Waals surface area contributed by atoms with Crippen molar-refractivity contribution >= 4 is 11.8 Å². The van der Waals surface area contributed by atoms with Gasteiger partial charge in [0.2, 0.25) is 0 Å². The van der Waals surface area contributed by atoms with E-state index in [2.05, 4.69) is 14.8 Å². The molecule has 3 aliphatic rings. The van der Waals surface area contributed by atoms with Crippen LogP contribution in [0.15, 0.2) is 24.8 Å². The van der Waals surface area contributed by atoms with Crippen LogP contribution in [0.4, 0.5) is 22.0 Å². The van der Waals surface area contributed by atoms with Gasteiger partial charge in [-0.3, -0.25) is 9.42 Å². The average Bonchev–Trinajstić information content (AvgIpc) is 3.36. The largest absolute Gasteiger partial charge is 0.522 e. The minimum atomic E-state index is -4.60. The minimum absolute atomic E-state index is 0.0409. The number of nitrogens with zero attached hydrogens (tertiary/aromatic N) is 3. The van der Waals surface area contributed by atoms with Gasteiger partial charge in [0.25, 0.3) is 0 Å². The fourth-order valence-electron chi connectivity index (χ4n) is 5.68. The highest BCUT2D eigenvalue weighted by molar-refractivity contribution is 8.00. The van der Waals surface area contributed by atoms with Crippen molar-refractivity contribution in [2.45, 2.75) is 106 Å². The zero-order chi connectivity index (χ0) is 27.3. The van der Waals surface area contributed by atoms with Crippen LogP contribution in [0, 0.1) is 11.8 Å². The van der Waals surface area contributed by atoms with E-state index in [4.69, 9.17) is 9.47 Å². The van der Waals surface area contributed by atoms with Gasteiger partial charge in [0.15, 0.2) is 6.29 Å². The molecule has 0 radical (unpaired) electrons. The van der Waals surface area contributed by atoms with Crippen LogP contribution in [-0.2, 0) is 20.8 Å². The minimum Gasteiger partial charge on any atom is -0.386 e. The van der Waals surface area contributed by atoms with E-state index in [0.29, 0.717) is 38.9 Å². The van der Waals surface area contributed by atoms with E-state index in [9.17, 15) is 27.1 Å². The molecule has 2 saturated carbocycles. The van der Waals surface area contributed by atoms with Crippen LogP contribution in [-0.4, -0.2) is 80.3 Å². The second-order valence-corrected chi connectivity index (χ2v) is 12.2. The maximum absolute atomic E-state index is 15.0. The normalized spacial score (nSPS) is 35.7. The monoisotopic (exact) mass is 569 g/mol. The second kappa shape index (κ2) is 12.9. The molecule has 1 aromatic heterocycles. The summed E-state index contributed by atoms with van der Waals surface area (Å²) in [5, 5.41) is 15.3. The molecule has 1 aliphatic heterocycles. The van der Waals surface area contributed by atoms with Gasteiger partial charge in [-0.2, -0.15) is 5.10 Å². The molecule has 3 fully saturated rings. The lowest BCUT2D eigenvalue weighted by Gasteiger charge is -2.45. The van der Waals surface area contributed by atoms with Gasteiger partial charge in [-0.15, -0.1) is 24.9 Å². The summed E-state index contributed by atoms with van der Waals surface area (Å²) in [5.74, 6) is -0.596. The van der Waals surface area contributed by atoms with Gasteiger partial charge in [-0.25, -0.2) is 13.8 Å². The molecule has 2 heterocycles. The Morgan fingerprint density at radius 1 is 1.11 bits per heavy atom. The standard InChI is InChI=1S/C25H36F5N3O4S/c1-16(24(34,13-33-15-31-14-32-33)21-8-5-18(26)10-22(21)27)38-20-11-35-23(36-12-20)9-4-17-2-6-19(7-3-17)37-25(28,29)30/h4,9,14-23,34H,2-3,5-8,10-13H2,1H3/b9-4+. The van der Waals surface area contributed by atoms with E-state index in [1.807, 2.05) is 13.0 Å². The predicted octanol–water partition coefficient (Wildman–Crippen LogP) is 5.00. The Kier molecular flexibility index (Phi) is 10.1. The lowest BCUT2D eigenvalue weighted by atomic mass is 9.73. The van der Waals surface area contributed by atoms with Crippen LogP contribution < -0.4 is 0 Å². The van der Waals surface area contributed by atoms with Gasteiger partial charge in [0.05, 0.1) is 31.1 Å². The molecule has 2 aliphatic carbocycles. The SMILES string of the molecule is CC(SC1COC(/C=C/C2CCC(OC(F)(F)F)CC2)OC1)C(O)(Cn1cncn1)C1CCC(F)CC1F. The van der Waals surface area contributed by atoms with Crippen LogP contribution in [0.25, 0.3) is 0 Å². The Bertz CT molecular complexity index is 879. The molecule has 0 aromatic carbocycles. The molecule has 0 bridgehead atoms. The summed E-state index contributed by atoms with van der Waals surface area (Å²) in [6.07, 6.45) is 0.0749. The maximum Gasteiger partial charge on any atom is 0.522 e. The smallest absolute Gasteiger partial charge is 0.386 e. The molecule has 1 saturated heterocycles. The van der Waals surface area contributed by atoms with E-state index in [1.165, 1.54) is 29.1 Å². The van der Waals surface area contributed by atoms with Crippen molar-refractivity contribution in [2.75, 3.05) is 13.2 Å². The van der Waals surface area contributed by atoms with Gasteiger partial charge in [-0.05, 0) is 50.5 Å². The Hall–Kier alpha value is -1.28. The van der Waals surface area contributed by atoms with E-state index < -0.39 is 47.9 Å². The number of allylic oxidation sites excluding steroid dienone is 1. The average molecular weight is 570 g/mol. The molecule has 5 atom stereocenters. The molecule has 1 N–H and O–H groups in total. The summed E-state index contributed by atoms with van der Waals surface area (Å²) >= 11 is 1.45. The van der Waals surface area contributed by atoms with Crippen molar-refractivity contribution in [1.82, 2.24) is 14.8 Å². The first-order valence-corrected chi connectivity index (χ1v) is 14.1. The van der Waals surface area contributed by atoms with Crippen molar-refractivity contribution in [3.05, 3.63) is 24.8 Å². The molecule has 0 amide bonds. The quantitative estimate of drug-likeness (QED) is 0.331. The molecule has 4 rings (SSSR count). The number of rotatable bonds is 9. The Labute approximate surface area is 223 Å². The molecular formula is C25H36F5N3O4S. The summed E-state index contributed by atoms with van der Waals surface area (Å²) < 4.78 is 83.2. The summed E-state index contributed by atoms with van der Waals surface area (Å²) in [7, 11) is 0. The summed E-state index contributed by atoms with van der Waals surface area (Å²) in [5.41, 5.74) is -1.48. The topological polar surface area (TPSA) is 78.6 Å². The van der Waals surface area contributed by atoms with Gasteiger partial charge in [0.1, 0.15) is 30.6 Å². The number of halogens is 5. The molecule has 13 heteroatoms. The third-order valence-corrected chi connectivity index (χ3v) is 9.26. The van der Waals surface area contributed by atoms with Crippen LogP contribution in [0.5, 0.6) is 0 Å². The fourth-order valence-corrected chi connectivity index (χ4v) is 7.06. The van der Waals surface area contributed by atoms with Gasteiger partial charge < -0.3 is 14.6 Å². The Morgan fingerprint density at radius 3 is 2.42 bits per heavy atom. The number of aliphatic hydroxyl groups is 1. The van der Waals surface area contributed by atoms with Crippen molar-refractivity contribution < 1.29 is 41.3 Å². The fraction of sp³-hybridized carbons (Fsp3) is 0.840. The van der Waals surface area contributed by atoms with Crippen LogP contribution in [0.1, 0.15) is 51.9 Å². The van der Waals surface area contributed by atoms with E-state index in [-0.39, 0.29) is 37.0 Å². The maximum atomic E-state index is 15.0. The third-order valence-electron chi connectivity index (χ3n) is 7.79. The number of hydrogen-bond acceptors (Lipinski definition) is 7. The summed E-state index contributed by atoms with van der Waals surface area (Å²) in [6.45, 7) is 2.58. The number of alkyl halides is 5. The van der Waals surface area contributed by atoms with Crippen LogP contribution in [0.2, 0.25) is 0 Å². The number of hydrogen-bond donors (Lipinski definition) is 1. The van der Waals surface area contributed by atoms with Crippen LogP contribution >= 0.6 is 11.8 Å². The molecular weight excluding hydrogens is 533 g/mol. The molecule has 5 unspecified atom stereocenters. The number of thioether (sulfide) groups is 1. The van der Waals surface area contributed by atoms with E-state index >= 15 is 0 Å². The number of ether oxygens (including phenoxy) is 3. The molecule has 0 spiro atoms. The zero-order valence-electron chi connectivity index (χ0n) is 21.3. The lowest BCUT2D eigenvalue weighted by molar-refractivity contribution is -0.345. The van der Waals surface area contributed by atoms with Crippen molar-refractivity contribution in [3.63, 3.8) is 0 Å². The van der Waals surface area contributed by atoms with E-state index in [0.717, 1.165) is 0 Å². The predicted molar refractivity (Wildman–Crippen MR) is 131 cm³/mol. The van der Waals surface area contributed by atoms with Gasteiger partial charge in [-0.1, -0.05) is 13.0 Å². The first kappa shape index (κ1) is 29.7. The zero-order valence-corrected chi connectivity index (χ0v) is 22.1. The first-order valence-electron chi connectivity index (χ1n) is 13.2. The summed E-state index contributed by atoms with van der Waals surface area (Å²) in [4.78, 5) is 3.92. The van der Waals surface area contributed by atoms with Crippen molar-refractivity contribution in [2.24, 2.45) is 11.8 Å². The molecule has 1 aromatic rings. The summed E-state index contributed by atoms with van der Waals surface area (Å²) in [6, 6.07) is 0. The van der Waals surface area contributed by atoms with Gasteiger partial charge in [0, 0.05) is 17.6 Å². The van der Waals surface area contributed by atoms with E-state index in [1.54, 1.807) is 6.08 Å². The third kappa shape index (κ3) is 8.12.